The zero-order valence-corrected chi connectivity index (χ0v) is 8.41. The molecule has 2 rings (SSSR count). The largest absolute Gasteiger partial charge is 0.305 e. The van der Waals surface area contributed by atoms with Crippen molar-refractivity contribution >= 4 is 0 Å². The van der Waals surface area contributed by atoms with E-state index in [1.165, 1.54) is 0 Å². The van der Waals surface area contributed by atoms with E-state index in [2.05, 4.69) is 36.2 Å². The monoisotopic (exact) mass is 180 g/mol. The summed E-state index contributed by atoms with van der Waals surface area (Å²) in [5, 5.41) is 7.66. The summed E-state index contributed by atoms with van der Waals surface area (Å²) in [4.78, 5) is 4.29. The summed E-state index contributed by atoms with van der Waals surface area (Å²) in [6.45, 7) is 8.57. The highest BCUT2D eigenvalue weighted by molar-refractivity contribution is 5.02. The van der Waals surface area contributed by atoms with E-state index < -0.39 is 0 Å². The van der Waals surface area contributed by atoms with E-state index in [0.717, 1.165) is 18.9 Å². The van der Waals surface area contributed by atoms with Crippen molar-refractivity contribution in [1.82, 2.24) is 20.1 Å². The third-order valence-electron chi connectivity index (χ3n) is 2.44. The topological polar surface area (TPSA) is 42.7 Å². The van der Waals surface area contributed by atoms with Crippen molar-refractivity contribution in [3.8, 4) is 0 Å². The number of hydrogen-bond donors (Lipinski definition) is 1. The maximum absolute atomic E-state index is 4.29. The highest BCUT2D eigenvalue weighted by Gasteiger charge is 2.31. The van der Waals surface area contributed by atoms with Crippen molar-refractivity contribution in [3.05, 3.63) is 12.2 Å². The van der Waals surface area contributed by atoms with Gasteiger partial charge in [-0.2, -0.15) is 5.10 Å². The van der Waals surface area contributed by atoms with E-state index in [1.807, 2.05) is 4.68 Å². The van der Waals surface area contributed by atoms with Crippen molar-refractivity contribution < 1.29 is 0 Å². The minimum absolute atomic E-state index is 0.200. The van der Waals surface area contributed by atoms with Crippen LogP contribution in [0.5, 0.6) is 0 Å². The predicted molar refractivity (Wildman–Crippen MR) is 50.2 cm³/mol. The Kier molecular flexibility index (Phi) is 1.87. The van der Waals surface area contributed by atoms with Gasteiger partial charge >= 0.3 is 0 Å². The summed E-state index contributed by atoms with van der Waals surface area (Å²) in [6.07, 6.45) is 1.64. The van der Waals surface area contributed by atoms with Crippen LogP contribution < -0.4 is 5.32 Å². The lowest BCUT2D eigenvalue weighted by atomic mass is 9.85. The van der Waals surface area contributed by atoms with E-state index in [-0.39, 0.29) is 5.41 Å². The third-order valence-corrected chi connectivity index (χ3v) is 2.44. The van der Waals surface area contributed by atoms with E-state index in [9.17, 15) is 0 Å². The summed E-state index contributed by atoms with van der Waals surface area (Å²) in [5.74, 6) is 1.07. The highest BCUT2D eigenvalue weighted by atomic mass is 15.4. The number of nitrogens with one attached hydrogen (secondary N) is 1. The van der Waals surface area contributed by atoms with Gasteiger partial charge in [-0.25, -0.2) is 9.67 Å². The molecule has 0 fully saturated rings. The Hall–Kier alpha value is -0.900. The van der Waals surface area contributed by atoms with E-state index in [0.29, 0.717) is 6.04 Å². The van der Waals surface area contributed by atoms with E-state index in [1.54, 1.807) is 6.33 Å². The number of fused-ring (bicyclic) bond motifs is 1. The SMILES string of the molecule is CC(C)(C)C1NCCn2ncnc21. The summed E-state index contributed by atoms with van der Waals surface area (Å²) in [6, 6.07) is 0.323. The second-order valence-electron chi connectivity index (χ2n) is 4.59. The third kappa shape index (κ3) is 1.46. The minimum Gasteiger partial charge on any atom is -0.305 e. The van der Waals surface area contributed by atoms with Gasteiger partial charge in [0.05, 0.1) is 12.6 Å². The minimum atomic E-state index is 0.200. The first-order valence-corrected chi connectivity index (χ1v) is 4.70. The zero-order chi connectivity index (χ0) is 9.47. The van der Waals surface area contributed by atoms with Crippen LogP contribution in [0.4, 0.5) is 0 Å². The summed E-state index contributed by atoms with van der Waals surface area (Å²) in [7, 11) is 0. The fourth-order valence-corrected chi connectivity index (χ4v) is 1.77. The van der Waals surface area contributed by atoms with Gasteiger partial charge in [-0.15, -0.1) is 0 Å². The van der Waals surface area contributed by atoms with Gasteiger partial charge in [-0.05, 0) is 5.41 Å². The molecule has 1 aliphatic heterocycles. The Labute approximate surface area is 78.4 Å². The number of nitrogens with zero attached hydrogens (tertiary/aromatic N) is 3. The van der Waals surface area contributed by atoms with Crippen LogP contribution in [0.2, 0.25) is 0 Å². The fraction of sp³-hybridized carbons (Fsp3) is 0.778. The Morgan fingerprint density at radius 2 is 2.31 bits per heavy atom. The van der Waals surface area contributed by atoms with Crippen molar-refractivity contribution in [2.24, 2.45) is 5.41 Å². The summed E-state index contributed by atoms with van der Waals surface area (Å²) >= 11 is 0. The maximum atomic E-state index is 4.29. The lowest BCUT2D eigenvalue weighted by Crippen LogP contribution is -2.40. The van der Waals surface area contributed by atoms with Gasteiger partial charge in [0.1, 0.15) is 12.2 Å². The molecule has 0 amide bonds. The molecule has 1 aromatic rings. The van der Waals surface area contributed by atoms with Crippen LogP contribution >= 0.6 is 0 Å². The molecular weight excluding hydrogens is 164 g/mol. The Balaban J connectivity index is 2.35. The number of rotatable bonds is 0. The van der Waals surface area contributed by atoms with Crippen LogP contribution in [-0.2, 0) is 6.54 Å². The number of hydrogen-bond acceptors (Lipinski definition) is 3. The lowest BCUT2D eigenvalue weighted by Gasteiger charge is -2.33. The molecule has 0 aromatic carbocycles. The quantitative estimate of drug-likeness (QED) is 0.647. The Morgan fingerprint density at radius 3 is 3.00 bits per heavy atom. The first-order valence-electron chi connectivity index (χ1n) is 4.70. The molecule has 1 atom stereocenters. The summed E-state index contributed by atoms with van der Waals surface area (Å²) < 4.78 is 1.99. The molecule has 0 aliphatic carbocycles. The second kappa shape index (κ2) is 2.80. The Morgan fingerprint density at radius 1 is 1.54 bits per heavy atom. The van der Waals surface area contributed by atoms with Crippen LogP contribution in [0.15, 0.2) is 6.33 Å². The maximum Gasteiger partial charge on any atom is 0.144 e. The van der Waals surface area contributed by atoms with Crippen molar-refractivity contribution in [1.29, 1.82) is 0 Å². The van der Waals surface area contributed by atoms with Gasteiger partial charge in [0.15, 0.2) is 0 Å². The van der Waals surface area contributed by atoms with Crippen LogP contribution in [-0.4, -0.2) is 21.3 Å². The molecule has 1 unspecified atom stereocenters. The highest BCUT2D eigenvalue weighted by Crippen LogP contribution is 2.32. The van der Waals surface area contributed by atoms with Crippen molar-refractivity contribution in [3.63, 3.8) is 0 Å². The molecule has 1 aliphatic rings. The van der Waals surface area contributed by atoms with Crippen LogP contribution in [0.25, 0.3) is 0 Å². The molecule has 0 radical (unpaired) electrons. The first kappa shape index (κ1) is 8.69. The van der Waals surface area contributed by atoms with Gasteiger partial charge in [0, 0.05) is 6.54 Å². The van der Waals surface area contributed by atoms with Gasteiger partial charge < -0.3 is 5.32 Å². The molecule has 13 heavy (non-hydrogen) atoms. The van der Waals surface area contributed by atoms with Gasteiger partial charge in [-0.1, -0.05) is 20.8 Å². The van der Waals surface area contributed by atoms with Gasteiger partial charge in [0.2, 0.25) is 0 Å². The zero-order valence-electron chi connectivity index (χ0n) is 8.41. The average molecular weight is 180 g/mol. The molecule has 1 N–H and O–H groups in total. The number of aromatic nitrogens is 3. The molecule has 2 heterocycles. The lowest BCUT2D eigenvalue weighted by molar-refractivity contribution is 0.228. The van der Waals surface area contributed by atoms with Gasteiger partial charge in [0.25, 0.3) is 0 Å². The first-order chi connectivity index (χ1) is 6.09. The molecule has 0 spiro atoms. The van der Waals surface area contributed by atoms with Crippen molar-refractivity contribution in [2.45, 2.75) is 33.4 Å². The molecule has 1 aromatic heterocycles. The standard InChI is InChI=1S/C9H16N4/c1-9(2,3)7-8-11-6-12-13(8)5-4-10-7/h6-7,10H,4-5H2,1-3H3. The summed E-state index contributed by atoms with van der Waals surface area (Å²) in [5.41, 5.74) is 0.200. The fourth-order valence-electron chi connectivity index (χ4n) is 1.77. The van der Waals surface area contributed by atoms with Crippen LogP contribution in [0, 0.1) is 5.41 Å². The molecule has 4 heteroatoms. The predicted octanol–water partition coefficient (Wildman–Crippen LogP) is 0.968. The molecule has 0 saturated carbocycles. The smallest absolute Gasteiger partial charge is 0.144 e. The normalized spacial score (nSPS) is 22.8. The second-order valence-corrected chi connectivity index (χ2v) is 4.59. The molecule has 0 saturated heterocycles. The average Bonchev–Trinajstić information content (AvgIpc) is 2.48. The van der Waals surface area contributed by atoms with Crippen molar-refractivity contribution in [2.75, 3.05) is 6.54 Å². The van der Waals surface area contributed by atoms with Crippen LogP contribution in [0.3, 0.4) is 0 Å². The molecule has 72 valence electrons. The van der Waals surface area contributed by atoms with E-state index >= 15 is 0 Å². The van der Waals surface area contributed by atoms with Crippen LogP contribution in [0.1, 0.15) is 32.6 Å². The molecule has 4 nitrogen and oxygen atoms in total. The van der Waals surface area contributed by atoms with Gasteiger partial charge in [-0.3, -0.25) is 0 Å². The molecule has 0 bridgehead atoms. The Bertz CT molecular complexity index is 297. The van der Waals surface area contributed by atoms with E-state index in [4.69, 9.17) is 0 Å². The molecular formula is C9H16N4.